The van der Waals surface area contributed by atoms with Crippen LogP contribution < -0.4 is 5.73 Å². The Morgan fingerprint density at radius 2 is 1.43 bits per heavy atom. The molecule has 3 aromatic rings. The SMILES string of the molecule is Cc1ccc(Cl)cc1[N+]#N.F[B-](F)(F)F.NC(=O)c1ccc(-c2ccccc2)cc1. The molecular weight excluding hydrogens is 420 g/mol. The van der Waals surface area contributed by atoms with Crippen molar-refractivity contribution in [3.05, 3.63) is 93.9 Å². The molecule has 156 valence electrons. The van der Waals surface area contributed by atoms with E-state index in [0.717, 1.165) is 16.7 Å². The molecule has 0 saturated carbocycles. The van der Waals surface area contributed by atoms with Crippen LogP contribution in [0.1, 0.15) is 15.9 Å². The number of amides is 1. The quantitative estimate of drug-likeness (QED) is 0.269. The van der Waals surface area contributed by atoms with Crippen molar-refractivity contribution in [1.29, 1.82) is 5.39 Å². The number of rotatable bonds is 2. The summed E-state index contributed by atoms with van der Waals surface area (Å²) in [6, 6.07) is 22.4. The fraction of sp³-hybridized carbons (Fsp3) is 0.0500. The molecule has 0 aromatic heterocycles. The van der Waals surface area contributed by atoms with Crippen molar-refractivity contribution in [2.24, 2.45) is 5.73 Å². The predicted octanol–water partition coefficient (Wildman–Crippen LogP) is 6.89. The lowest BCUT2D eigenvalue weighted by molar-refractivity contribution is 0.1000. The van der Waals surface area contributed by atoms with Crippen LogP contribution in [0.2, 0.25) is 5.02 Å². The van der Waals surface area contributed by atoms with Crippen molar-refractivity contribution >= 4 is 30.4 Å². The molecule has 2 N–H and O–H groups in total. The first-order chi connectivity index (χ1) is 14.0. The minimum absolute atomic E-state index is 0.394. The molecule has 0 aliphatic heterocycles. The average molecular weight is 438 g/mol. The molecule has 0 bridgehead atoms. The van der Waals surface area contributed by atoms with Gasteiger partial charge in [0.25, 0.3) is 0 Å². The summed E-state index contributed by atoms with van der Waals surface area (Å²) in [5.41, 5.74) is 9.35. The van der Waals surface area contributed by atoms with E-state index in [1.807, 2.05) is 49.4 Å². The van der Waals surface area contributed by atoms with Gasteiger partial charge in [-0.2, -0.15) is 0 Å². The van der Waals surface area contributed by atoms with E-state index >= 15 is 0 Å². The van der Waals surface area contributed by atoms with Crippen molar-refractivity contribution in [2.45, 2.75) is 6.92 Å². The summed E-state index contributed by atoms with van der Waals surface area (Å²) in [6.07, 6.45) is 0. The molecule has 3 rings (SSSR count). The normalized spacial score (nSPS) is 9.90. The fourth-order valence-electron chi connectivity index (χ4n) is 2.15. The molecule has 0 aliphatic rings. The van der Waals surface area contributed by atoms with Crippen LogP contribution in [0.15, 0.2) is 72.8 Å². The molecule has 0 fully saturated rings. The molecule has 0 aliphatic carbocycles. The Kier molecular flexibility index (Phi) is 9.52. The van der Waals surface area contributed by atoms with Crippen molar-refractivity contribution in [3.63, 3.8) is 0 Å². The maximum Gasteiger partial charge on any atom is 0.673 e. The lowest BCUT2D eigenvalue weighted by atomic mass is 10.0. The molecule has 30 heavy (non-hydrogen) atoms. The Morgan fingerprint density at radius 1 is 0.933 bits per heavy atom. The Labute approximate surface area is 176 Å². The average Bonchev–Trinajstić information content (AvgIpc) is 2.70. The molecule has 0 unspecified atom stereocenters. The summed E-state index contributed by atoms with van der Waals surface area (Å²) >= 11 is 5.62. The maximum absolute atomic E-state index is 10.9. The predicted molar refractivity (Wildman–Crippen MR) is 112 cm³/mol. The molecule has 0 atom stereocenters. The molecule has 10 heteroatoms. The Bertz CT molecular complexity index is 1000. The van der Waals surface area contributed by atoms with E-state index in [4.69, 9.17) is 22.7 Å². The van der Waals surface area contributed by atoms with Gasteiger partial charge in [-0.1, -0.05) is 54.1 Å². The molecule has 0 heterocycles. The second-order valence-electron chi connectivity index (χ2n) is 5.83. The number of diazo groups is 1. The third-order valence-electron chi connectivity index (χ3n) is 3.56. The zero-order chi connectivity index (χ0) is 22.7. The molecule has 4 nitrogen and oxygen atoms in total. The first-order valence-corrected chi connectivity index (χ1v) is 8.83. The van der Waals surface area contributed by atoms with Crippen molar-refractivity contribution in [3.8, 4) is 11.1 Å². The van der Waals surface area contributed by atoms with E-state index in [2.05, 4.69) is 4.98 Å². The number of nitrogens with two attached hydrogens (primary N) is 1. The number of primary amides is 1. The van der Waals surface area contributed by atoms with Crippen LogP contribution in [0.4, 0.5) is 23.0 Å². The fourth-order valence-corrected chi connectivity index (χ4v) is 2.31. The Morgan fingerprint density at radius 3 is 1.87 bits per heavy atom. The zero-order valence-electron chi connectivity index (χ0n) is 15.8. The first-order valence-electron chi connectivity index (χ1n) is 8.45. The highest BCUT2D eigenvalue weighted by atomic mass is 35.5. The van der Waals surface area contributed by atoms with Gasteiger partial charge in [0, 0.05) is 16.1 Å². The maximum atomic E-state index is 10.9. The van der Waals surface area contributed by atoms with E-state index in [-0.39, 0.29) is 0 Å². The van der Waals surface area contributed by atoms with Crippen molar-refractivity contribution in [1.82, 2.24) is 0 Å². The van der Waals surface area contributed by atoms with Gasteiger partial charge in [-0.25, -0.2) is 0 Å². The van der Waals surface area contributed by atoms with E-state index in [9.17, 15) is 22.1 Å². The lowest BCUT2D eigenvalue weighted by Gasteiger charge is -2.01. The van der Waals surface area contributed by atoms with Gasteiger partial charge in [-0.05, 0) is 42.3 Å². The monoisotopic (exact) mass is 437 g/mol. The number of carbonyl (C=O) groups excluding carboxylic acids is 1. The van der Waals surface area contributed by atoms with Crippen LogP contribution in [0, 0.1) is 12.3 Å². The first kappa shape index (κ1) is 24.7. The van der Waals surface area contributed by atoms with Crippen LogP contribution in [0.3, 0.4) is 0 Å². The molecule has 3 aromatic carbocycles. The minimum atomic E-state index is -6.00. The summed E-state index contributed by atoms with van der Waals surface area (Å²) in [7, 11) is -6.00. The highest BCUT2D eigenvalue weighted by Gasteiger charge is 2.20. The number of hydrogen-bond acceptors (Lipinski definition) is 2. The third-order valence-corrected chi connectivity index (χ3v) is 3.79. The number of nitrogens with zero attached hydrogens (tertiary/aromatic N) is 2. The number of benzene rings is 3. The van der Waals surface area contributed by atoms with Crippen molar-refractivity contribution in [2.75, 3.05) is 0 Å². The third kappa shape index (κ3) is 9.71. The standard InChI is InChI=1S/C13H11NO.C7H6ClN2.BF4/c14-13(15)12-8-6-11(7-9-12)10-4-2-1-3-5-10;1-5-2-3-6(8)4-7(5)10-9;2-1(3,4)5/h1-9H,(H2,14,15);2-4H,1H3;/q;+1;-1. The Hall–Kier alpha value is -3.38. The zero-order valence-corrected chi connectivity index (χ0v) is 16.5. The second kappa shape index (κ2) is 11.6. The van der Waals surface area contributed by atoms with Gasteiger partial charge >= 0.3 is 12.9 Å². The number of carbonyl (C=O) groups is 1. The van der Waals surface area contributed by atoms with Gasteiger partial charge in [0.05, 0.1) is 6.07 Å². The number of halogens is 5. The van der Waals surface area contributed by atoms with Crippen LogP contribution >= 0.6 is 11.6 Å². The van der Waals surface area contributed by atoms with E-state index in [1.165, 1.54) is 0 Å². The summed E-state index contributed by atoms with van der Waals surface area (Å²) in [4.78, 5) is 13.9. The largest absolute Gasteiger partial charge is 0.673 e. The van der Waals surface area contributed by atoms with Gasteiger partial charge < -0.3 is 23.0 Å². The highest BCUT2D eigenvalue weighted by Crippen LogP contribution is 2.22. The molecule has 0 radical (unpaired) electrons. The topological polar surface area (TPSA) is 71.2 Å². The highest BCUT2D eigenvalue weighted by molar-refractivity contribution is 6.50. The molecule has 1 amide bonds. The summed E-state index contributed by atoms with van der Waals surface area (Å²) in [6.45, 7) is 1.85. The summed E-state index contributed by atoms with van der Waals surface area (Å²) < 4.78 is 39.0. The van der Waals surface area contributed by atoms with E-state index in [1.54, 1.807) is 30.3 Å². The van der Waals surface area contributed by atoms with Crippen LogP contribution in [0.5, 0.6) is 0 Å². The van der Waals surface area contributed by atoms with Crippen LogP contribution in [-0.2, 0) is 0 Å². The van der Waals surface area contributed by atoms with E-state index in [0.29, 0.717) is 16.3 Å². The van der Waals surface area contributed by atoms with E-state index < -0.39 is 13.2 Å². The van der Waals surface area contributed by atoms with Gasteiger partial charge in [0.15, 0.2) is 4.98 Å². The smallest absolute Gasteiger partial charge is 0.418 e. The number of aryl methyl sites for hydroxylation is 1. The number of hydrogen-bond donors (Lipinski definition) is 1. The molecular formula is C20H17BClF4N3O. The summed E-state index contributed by atoms with van der Waals surface area (Å²) in [5.74, 6) is -0.394. The van der Waals surface area contributed by atoms with Gasteiger partial charge in [-0.3, -0.25) is 4.79 Å². The van der Waals surface area contributed by atoms with Crippen molar-refractivity contribution < 1.29 is 22.1 Å². The van der Waals surface area contributed by atoms with Gasteiger partial charge in [-0.15, -0.1) is 0 Å². The van der Waals surface area contributed by atoms with Gasteiger partial charge in [0.2, 0.25) is 11.3 Å². The molecule has 0 saturated heterocycles. The minimum Gasteiger partial charge on any atom is -0.418 e. The molecule has 0 spiro atoms. The van der Waals surface area contributed by atoms with Gasteiger partial charge in [0.1, 0.15) is 0 Å². The van der Waals surface area contributed by atoms with Crippen LogP contribution in [0.25, 0.3) is 16.1 Å². The second-order valence-corrected chi connectivity index (χ2v) is 6.27. The lowest BCUT2D eigenvalue weighted by Crippen LogP contribution is -2.10. The Balaban J connectivity index is 0.000000259. The van der Waals surface area contributed by atoms with Crippen LogP contribution in [-0.4, -0.2) is 13.2 Å². The summed E-state index contributed by atoms with van der Waals surface area (Å²) in [5, 5.41) is 8.99.